The SMILES string of the molecule is CCCNC(C)c1ccc2c(c1)CCCN2CC(C)O. The first-order valence-electron chi connectivity index (χ1n) is 7.91. The predicted octanol–water partition coefficient (Wildman–Crippen LogP) is 2.88. The van der Waals surface area contributed by atoms with Crippen molar-refractivity contribution in [3.05, 3.63) is 29.3 Å². The molecule has 2 atom stereocenters. The van der Waals surface area contributed by atoms with E-state index in [0.29, 0.717) is 6.04 Å². The molecule has 1 aliphatic rings. The van der Waals surface area contributed by atoms with Crippen LogP contribution in [0.2, 0.25) is 0 Å². The number of hydrogen-bond acceptors (Lipinski definition) is 3. The molecular weight excluding hydrogens is 248 g/mol. The number of β-amino-alcohol motifs (C(OH)–C–C–N with tert-alkyl or cyclic N) is 1. The maximum Gasteiger partial charge on any atom is 0.0687 e. The van der Waals surface area contributed by atoms with Crippen molar-refractivity contribution in [2.24, 2.45) is 0 Å². The molecule has 0 bridgehead atoms. The van der Waals surface area contributed by atoms with Gasteiger partial charge in [0, 0.05) is 24.8 Å². The molecule has 0 spiro atoms. The number of fused-ring (bicyclic) bond motifs is 1. The van der Waals surface area contributed by atoms with Crippen LogP contribution in [0.5, 0.6) is 0 Å². The molecule has 1 aromatic rings. The van der Waals surface area contributed by atoms with Gasteiger partial charge in [0.1, 0.15) is 0 Å². The Morgan fingerprint density at radius 1 is 1.35 bits per heavy atom. The lowest BCUT2D eigenvalue weighted by Crippen LogP contribution is -2.35. The third kappa shape index (κ3) is 3.74. The lowest BCUT2D eigenvalue weighted by Gasteiger charge is -2.33. The highest BCUT2D eigenvalue weighted by molar-refractivity contribution is 5.57. The third-order valence-electron chi connectivity index (χ3n) is 4.00. The van der Waals surface area contributed by atoms with Crippen LogP contribution >= 0.6 is 0 Å². The summed E-state index contributed by atoms with van der Waals surface area (Å²) in [5.41, 5.74) is 4.11. The number of rotatable bonds is 6. The number of nitrogens with zero attached hydrogens (tertiary/aromatic N) is 1. The normalized spacial score (nSPS) is 17.7. The van der Waals surface area contributed by atoms with Crippen LogP contribution in [0.4, 0.5) is 5.69 Å². The van der Waals surface area contributed by atoms with Gasteiger partial charge < -0.3 is 15.3 Å². The largest absolute Gasteiger partial charge is 0.392 e. The van der Waals surface area contributed by atoms with Crippen LogP contribution in [0.3, 0.4) is 0 Å². The van der Waals surface area contributed by atoms with Crippen molar-refractivity contribution in [3.8, 4) is 0 Å². The summed E-state index contributed by atoms with van der Waals surface area (Å²) in [7, 11) is 0. The van der Waals surface area contributed by atoms with Gasteiger partial charge in [0.05, 0.1) is 6.10 Å². The highest BCUT2D eigenvalue weighted by Crippen LogP contribution is 2.29. The van der Waals surface area contributed by atoms with Crippen LogP contribution in [-0.4, -0.2) is 30.8 Å². The van der Waals surface area contributed by atoms with E-state index < -0.39 is 0 Å². The minimum atomic E-state index is -0.272. The summed E-state index contributed by atoms with van der Waals surface area (Å²) in [6.45, 7) is 9.14. The van der Waals surface area contributed by atoms with Crippen LogP contribution in [0, 0.1) is 0 Å². The second-order valence-corrected chi connectivity index (χ2v) is 5.96. The number of aliphatic hydroxyl groups is 1. The molecule has 0 radical (unpaired) electrons. The first kappa shape index (κ1) is 15.3. The molecule has 2 rings (SSSR count). The minimum Gasteiger partial charge on any atom is -0.392 e. The lowest BCUT2D eigenvalue weighted by atomic mass is 9.96. The van der Waals surface area contributed by atoms with E-state index in [9.17, 15) is 5.11 Å². The van der Waals surface area contributed by atoms with E-state index in [2.05, 4.69) is 42.3 Å². The van der Waals surface area contributed by atoms with Crippen LogP contribution in [0.15, 0.2) is 18.2 Å². The van der Waals surface area contributed by atoms with Gasteiger partial charge >= 0.3 is 0 Å². The van der Waals surface area contributed by atoms with E-state index in [0.717, 1.165) is 32.5 Å². The highest BCUT2D eigenvalue weighted by Gasteiger charge is 2.19. The fourth-order valence-electron chi connectivity index (χ4n) is 2.95. The summed E-state index contributed by atoms with van der Waals surface area (Å²) in [5.74, 6) is 0. The molecule has 0 fully saturated rings. The number of aliphatic hydroxyl groups excluding tert-OH is 1. The van der Waals surface area contributed by atoms with Gasteiger partial charge in [0.2, 0.25) is 0 Å². The van der Waals surface area contributed by atoms with Crippen molar-refractivity contribution in [1.82, 2.24) is 5.32 Å². The number of nitrogens with one attached hydrogen (secondary N) is 1. The molecule has 112 valence electrons. The molecule has 20 heavy (non-hydrogen) atoms. The van der Waals surface area contributed by atoms with E-state index in [1.807, 2.05) is 6.92 Å². The van der Waals surface area contributed by atoms with Gasteiger partial charge in [0.15, 0.2) is 0 Å². The maximum atomic E-state index is 9.62. The zero-order chi connectivity index (χ0) is 14.5. The van der Waals surface area contributed by atoms with Crippen molar-refractivity contribution in [3.63, 3.8) is 0 Å². The molecular formula is C17H28N2O. The molecule has 0 saturated heterocycles. The Morgan fingerprint density at radius 3 is 2.85 bits per heavy atom. The van der Waals surface area contributed by atoms with E-state index in [-0.39, 0.29) is 6.10 Å². The fraction of sp³-hybridized carbons (Fsp3) is 0.647. The Balaban J connectivity index is 2.14. The van der Waals surface area contributed by atoms with Gasteiger partial charge in [-0.3, -0.25) is 0 Å². The highest BCUT2D eigenvalue weighted by atomic mass is 16.3. The van der Waals surface area contributed by atoms with Gasteiger partial charge in [-0.15, -0.1) is 0 Å². The number of anilines is 1. The van der Waals surface area contributed by atoms with Gasteiger partial charge in [-0.05, 0) is 56.8 Å². The molecule has 1 aromatic carbocycles. The van der Waals surface area contributed by atoms with Crippen LogP contribution in [0.1, 0.15) is 50.8 Å². The average molecular weight is 276 g/mol. The first-order valence-corrected chi connectivity index (χ1v) is 7.91. The minimum absolute atomic E-state index is 0.272. The van der Waals surface area contributed by atoms with Crippen molar-refractivity contribution in [1.29, 1.82) is 0 Å². The quantitative estimate of drug-likeness (QED) is 0.838. The van der Waals surface area contributed by atoms with Crippen LogP contribution in [-0.2, 0) is 6.42 Å². The molecule has 0 amide bonds. The molecule has 0 aromatic heterocycles. The average Bonchev–Trinajstić information content (AvgIpc) is 2.44. The number of benzene rings is 1. The molecule has 0 saturated carbocycles. The topological polar surface area (TPSA) is 35.5 Å². The molecule has 2 N–H and O–H groups in total. The third-order valence-corrected chi connectivity index (χ3v) is 4.00. The molecule has 1 aliphatic heterocycles. The van der Waals surface area contributed by atoms with Crippen molar-refractivity contribution < 1.29 is 5.11 Å². The van der Waals surface area contributed by atoms with Gasteiger partial charge in [-0.1, -0.05) is 19.1 Å². The lowest BCUT2D eigenvalue weighted by molar-refractivity contribution is 0.199. The Bertz CT molecular complexity index is 431. The molecule has 2 unspecified atom stereocenters. The zero-order valence-electron chi connectivity index (χ0n) is 13.0. The number of aryl methyl sites for hydroxylation is 1. The van der Waals surface area contributed by atoms with E-state index >= 15 is 0 Å². The molecule has 0 aliphatic carbocycles. The maximum absolute atomic E-state index is 9.62. The fourth-order valence-corrected chi connectivity index (χ4v) is 2.95. The summed E-state index contributed by atoms with van der Waals surface area (Å²) in [6.07, 6.45) is 3.22. The van der Waals surface area contributed by atoms with Crippen molar-refractivity contribution >= 4 is 5.69 Å². The predicted molar refractivity (Wildman–Crippen MR) is 85.4 cm³/mol. The monoisotopic (exact) mass is 276 g/mol. The molecule has 1 heterocycles. The van der Waals surface area contributed by atoms with Gasteiger partial charge in [0.25, 0.3) is 0 Å². The summed E-state index contributed by atoms with van der Waals surface area (Å²) < 4.78 is 0. The second-order valence-electron chi connectivity index (χ2n) is 5.96. The summed E-state index contributed by atoms with van der Waals surface area (Å²) in [5, 5.41) is 13.2. The Labute approximate surface area is 123 Å². The van der Waals surface area contributed by atoms with Crippen molar-refractivity contribution in [2.75, 3.05) is 24.5 Å². The summed E-state index contributed by atoms with van der Waals surface area (Å²) >= 11 is 0. The molecule has 3 heteroatoms. The van der Waals surface area contributed by atoms with Gasteiger partial charge in [-0.2, -0.15) is 0 Å². The van der Waals surface area contributed by atoms with Crippen LogP contribution < -0.4 is 10.2 Å². The van der Waals surface area contributed by atoms with Gasteiger partial charge in [-0.25, -0.2) is 0 Å². The van der Waals surface area contributed by atoms with E-state index in [1.165, 1.54) is 23.2 Å². The standard InChI is InChI=1S/C17H28N2O/c1-4-9-18-14(3)15-7-8-17-16(11-15)6-5-10-19(17)12-13(2)20/h7-8,11,13-14,18,20H,4-6,9-10,12H2,1-3H3. The summed E-state index contributed by atoms with van der Waals surface area (Å²) in [6, 6.07) is 7.21. The van der Waals surface area contributed by atoms with Crippen molar-refractivity contribution in [2.45, 2.75) is 52.2 Å². The molecule has 3 nitrogen and oxygen atoms in total. The van der Waals surface area contributed by atoms with E-state index in [1.54, 1.807) is 0 Å². The number of hydrogen-bond donors (Lipinski definition) is 2. The van der Waals surface area contributed by atoms with Crippen LogP contribution in [0.25, 0.3) is 0 Å². The smallest absolute Gasteiger partial charge is 0.0687 e. The Kier molecular flexibility index (Phi) is 5.44. The zero-order valence-corrected chi connectivity index (χ0v) is 13.0. The first-order chi connectivity index (χ1) is 9.61. The summed E-state index contributed by atoms with van der Waals surface area (Å²) in [4.78, 5) is 2.32. The Hall–Kier alpha value is -1.06. The second kappa shape index (κ2) is 7.09. The van der Waals surface area contributed by atoms with E-state index in [4.69, 9.17) is 0 Å². The Morgan fingerprint density at radius 2 is 2.15 bits per heavy atom.